The highest BCUT2D eigenvalue weighted by Gasteiger charge is 2.44. The van der Waals surface area contributed by atoms with Gasteiger partial charge in [0.2, 0.25) is 5.78 Å². The van der Waals surface area contributed by atoms with Crippen molar-refractivity contribution in [1.82, 2.24) is 9.97 Å². The summed E-state index contributed by atoms with van der Waals surface area (Å²) in [5.41, 5.74) is -1.91. The lowest BCUT2D eigenvalue weighted by atomic mass is 10.0. The molecule has 104 valence electrons. The van der Waals surface area contributed by atoms with Crippen molar-refractivity contribution < 1.29 is 22.4 Å². The second-order valence-corrected chi connectivity index (χ2v) is 4.14. The lowest BCUT2D eigenvalue weighted by Gasteiger charge is -2.14. The van der Waals surface area contributed by atoms with Gasteiger partial charge in [0.15, 0.2) is 0 Å². The summed E-state index contributed by atoms with van der Waals surface area (Å²) in [6.07, 6.45) is 1.45. The van der Waals surface area contributed by atoms with E-state index in [2.05, 4.69) is 9.97 Å². The molecule has 0 saturated carbocycles. The van der Waals surface area contributed by atoms with E-state index in [9.17, 15) is 22.4 Å². The van der Waals surface area contributed by atoms with Crippen molar-refractivity contribution in [3.8, 4) is 0 Å². The molecule has 0 amide bonds. The van der Waals surface area contributed by atoms with Crippen molar-refractivity contribution in [2.75, 3.05) is 0 Å². The topological polar surface area (TPSA) is 42.9 Å². The summed E-state index contributed by atoms with van der Waals surface area (Å²) in [5, 5.41) is -0.134. The van der Waals surface area contributed by atoms with E-state index in [4.69, 9.17) is 11.6 Å². The van der Waals surface area contributed by atoms with Crippen LogP contribution >= 0.6 is 11.6 Å². The molecule has 0 aliphatic heterocycles. The minimum absolute atomic E-state index is 0.134. The Balaban J connectivity index is 2.42. The number of alkyl halides is 2. The van der Waals surface area contributed by atoms with Crippen molar-refractivity contribution in [3.05, 3.63) is 58.6 Å². The Bertz CT molecular complexity index is 661. The van der Waals surface area contributed by atoms with Crippen molar-refractivity contribution in [3.63, 3.8) is 0 Å². The minimum atomic E-state index is -4.10. The van der Waals surface area contributed by atoms with Gasteiger partial charge < -0.3 is 0 Å². The number of rotatable bonds is 3. The molecular formula is C12H5ClF4N2O. The van der Waals surface area contributed by atoms with Gasteiger partial charge in [0, 0.05) is 6.07 Å². The van der Waals surface area contributed by atoms with E-state index in [1.165, 1.54) is 0 Å². The number of ketones is 1. The van der Waals surface area contributed by atoms with Gasteiger partial charge in [-0.2, -0.15) is 8.78 Å². The summed E-state index contributed by atoms with van der Waals surface area (Å²) < 4.78 is 53.8. The predicted molar refractivity (Wildman–Crippen MR) is 61.6 cm³/mol. The van der Waals surface area contributed by atoms with E-state index in [0.29, 0.717) is 24.4 Å². The zero-order chi connectivity index (χ0) is 14.9. The van der Waals surface area contributed by atoms with Crippen molar-refractivity contribution >= 4 is 17.4 Å². The number of Topliss-reactive ketones (excluding diaryl/α,β-unsaturated/α-hetero) is 1. The number of aromatic nitrogens is 2. The average Bonchev–Trinajstić information content (AvgIpc) is 2.38. The predicted octanol–water partition coefficient (Wildman–Crippen LogP) is 3.38. The van der Waals surface area contributed by atoms with Crippen molar-refractivity contribution in [2.24, 2.45) is 0 Å². The van der Waals surface area contributed by atoms with E-state index in [-0.39, 0.29) is 5.15 Å². The van der Waals surface area contributed by atoms with Crippen molar-refractivity contribution in [2.45, 2.75) is 5.92 Å². The van der Waals surface area contributed by atoms with Gasteiger partial charge in [-0.05, 0) is 12.1 Å². The monoisotopic (exact) mass is 304 g/mol. The molecule has 0 saturated heterocycles. The van der Waals surface area contributed by atoms with Crippen LogP contribution in [-0.4, -0.2) is 15.8 Å². The van der Waals surface area contributed by atoms with Crippen LogP contribution < -0.4 is 0 Å². The molecule has 20 heavy (non-hydrogen) atoms. The third-order valence-electron chi connectivity index (χ3n) is 2.40. The molecule has 0 spiro atoms. The van der Waals surface area contributed by atoms with Gasteiger partial charge in [0.25, 0.3) is 0 Å². The van der Waals surface area contributed by atoms with Gasteiger partial charge in [-0.1, -0.05) is 11.6 Å². The zero-order valence-electron chi connectivity index (χ0n) is 9.58. The first-order chi connectivity index (χ1) is 9.32. The van der Waals surface area contributed by atoms with E-state index < -0.39 is 34.6 Å². The number of carbonyl (C=O) groups excluding carboxylic acids is 1. The third kappa shape index (κ3) is 2.62. The van der Waals surface area contributed by atoms with Crippen LogP contribution in [0.3, 0.4) is 0 Å². The van der Waals surface area contributed by atoms with E-state index in [1.54, 1.807) is 0 Å². The maximum absolute atomic E-state index is 13.9. The average molecular weight is 305 g/mol. The Kier molecular flexibility index (Phi) is 3.71. The molecule has 2 aromatic rings. The van der Waals surface area contributed by atoms with Gasteiger partial charge in [-0.25, -0.2) is 18.7 Å². The maximum atomic E-state index is 13.9. The molecule has 0 bridgehead atoms. The Labute approximate surface area is 115 Å². The number of nitrogens with zero attached hydrogens (tertiary/aromatic N) is 2. The molecule has 3 nitrogen and oxygen atoms in total. The highest BCUT2D eigenvalue weighted by atomic mass is 35.5. The highest BCUT2D eigenvalue weighted by molar-refractivity contribution is 6.29. The molecule has 0 aliphatic carbocycles. The smallest absolute Gasteiger partial charge is 0.287 e. The first-order valence-electron chi connectivity index (χ1n) is 5.18. The molecule has 1 aromatic carbocycles. The first-order valence-corrected chi connectivity index (χ1v) is 5.56. The Morgan fingerprint density at radius 3 is 2.40 bits per heavy atom. The van der Waals surface area contributed by atoms with Crippen LogP contribution in [0.4, 0.5) is 17.6 Å². The largest absolute Gasteiger partial charge is 0.352 e. The van der Waals surface area contributed by atoms with Crippen molar-refractivity contribution in [1.29, 1.82) is 0 Å². The molecule has 1 aromatic heterocycles. The lowest BCUT2D eigenvalue weighted by Crippen LogP contribution is -2.28. The second kappa shape index (κ2) is 5.16. The number of halogens is 5. The second-order valence-electron chi connectivity index (χ2n) is 3.75. The number of hydrogen-bond donors (Lipinski definition) is 0. The van der Waals surface area contributed by atoms with Crippen LogP contribution in [0.2, 0.25) is 5.15 Å². The van der Waals surface area contributed by atoms with Crippen LogP contribution in [0, 0.1) is 11.6 Å². The number of carbonyl (C=O) groups is 1. The molecule has 0 radical (unpaired) electrons. The molecule has 0 fully saturated rings. The number of benzene rings is 1. The Morgan fingerprint density at radius 1 is 1.15 bits per heavy atom. The normalized spacial score (nSPS) is 11.4. The van der Waals surface area contributed by atoms with Gasteiger partial charge >= 0.3 is 5.92 Å². The molecule has 0 atom stereocenters. The van der Waals surface area contributed by atoms with Gasteiger partial charge in [-0.15, -0.1) is 0 Å². The third-order valence-corrected chi connectivity index (χ3v) is 2.60. The number of hydrogen-bond acceptors (Lipinski definition) is 3. The Hall–Kier alpha value is -2.02. The van der Waals surface area contributed by atoms with Crippen LogP contribution in [0.15, 0.2) is 30.6 Å². The fourth-order valence-electron chi connectivity index (χ4n) is 1.43. The van der Waals surface area contributed by atoms with E-state index in [1.807, 2.05) is 0 Å². The van der Waals surface area contributed by atoms with E-state index >= 15 is 0 Å². The lowest BCUT2D eigenvalue weighted by molar-refractivity contribution is 0.00402. The van der Waals surface area contributed by atoms with Gasteiger partial charge in [-0.3, -0.25) is 4.79 Å². The van der Waals surface area contributed by atoms with Gasteiger partial charge in [0.1, 0.15) is 22.5 Å². The molecule has 0 N–H and O–H groups in total. The van der Waals surface area contributed by atoms with Crippen LogP contribution in [0.25, 0.3) is 0 Å². The quantitative estimate of drug-likeness (QED) is 0.645. The zero-order valence-corrected chi connectivity index (χ0v) is 10.3. The van der Waals surface area contributed by atoms with Crippen LogP contribution in [-0.2, 0) is 5.92 Å². The highest BCUT2D eigenvalue weighted by Crippen LogP contribution is 2.31. The summed E-state index contributed by atoms with van der Waals surface area (Å²) in [5.74, 6) is -8.30. The fourth-order valence-corrected chi connectivity index (χ4v) is 1.53. The molecule has 1 heterocycles. The molecular weight excluding hydrogens is 300 g/mol. The van der Waals surface area contributed by atoms with Crippen LogP contribution in [0.5, 0.6) is 0 Å². The SMILES string of the molecule is O=C(c1ccc(F)cc1F)C(F)(F)c1cnc(Cl)cn1. The molecule has 2 rings (SSSR count). The molecule has 0 aliphatic rings. The minimum Gasteiger partial charge on any atom is -0.287 e. The van der Waals surface area contributed by atoms with Crippen LogP contribution in [0.1, 0.15) is 16.1 Å². The van der Waals surface area contributed by atoms with E-state index in [0.717, 1.165) is 6.20 Å². The maximum Gasteiger partial charge on any atom is 0.352 e. The summed E-state index contributed by atoms with van der Waals surface area (Å²) in [6.45, 7) is 0. The Morgan fingerprint density at radius 2 is 1.85 bits per heavy atom. The summed E-state index contributed by atoms with van der Waals surface area (Å²) in [4.78, 5) is 18.3. The molecule has 8 heteroatoms. The first kappa shape index (κ1) is 14.4. The summed E-state index contributed by atoms with van der Waals surface area (Å²) >= 11 is 5.40. The summed E-state index contributed by atoms with van der Waals surface area (Å²) in [7, 11) is 0. The molecule has 0 unspecified atom stereocenters. The fraction of sp³-hybridized carbons (Fsp3) is 0.0833. The standard InChI is InChI=1S/C12H5ClF4N2O/c13-10-5-18-9(4-19-10)12(16,17)11(20)7-2-1-6(14)3-8(7)15/h1-5H. The summed E-state index contributed by atoms with van der Waals surface area (Å²) in [6, 6.07) is 1.70. The van der Waals surface area contributed by atoms with Gasteiger partial charge in [0.05, 0.1) is 18.0 Å².